The molecule has 0 radical (unpaired) electrons. The molecule has 0 spiro atoms. The molecular formula is C6H8F3NO2. The Morgan fingerprint density at radius 1 is 1.58 bits per heavy atom. The predicted octanol–water partition coefficient (Wildman–Crippen LogP) is 0.0457. The molecule has 0 aromatic carbocycles. The second kappa shape index (κ2) is 2.93. The van der Waals surface area contributed by atoms with E-state index in [4.69, 9.17) is 5.11 Å². The Morgan fingerprint density at radius 2 is 2.17 bits per heavy atom. The van der Waals surface area contributed by atoms with E-state index in [0.717, 1.165) is 0 Å². The summed E-state index contributed by atoms with van der Waals surface area (Å²) in [4.78, 5) is 10.5. The first-order valence-corrected chi connectivity index (χ1v) is 3.42. The number of amides is 1. The third-order valence-corrected chi connectivity index (χ3v) is 1.79. The average molecular weight is 183 g/mol. The maximum atomic E-state index is 11.8. The van der Waals surface area contributed by atoms with Gasteiger partial charge in [-0.05, 0) is 0 Å². The second-order valence-electron chi connectivity index (χ2n) is 2.75. The van der Waals surface area contributed by atoms with Gasteiger partial charge in [-0.25, -0.2) is 0 Å². The molecule has 3 nitrogen and oxygen atoms in total. The Hall–Kier alpha value is -0.780. The van der Waals surface area contributed by atoms with Crippen LogP contribution in [0.1, 0.15) is 6.42 Å². The van der Waals surface area contributed by atoms with E-state index in [2.05, 4.69) is 5.32 Å². The maximum absolute atomic E-state index is 11.8. The molecule has 0 aromatic rings. The van der Waals surface area contributed by atoms with Crippen LogP contribution in [-0.4, -0.2) is 29.8 Å². The predicted molar refractivity (Wildman–Crippen MR) is 33.2 cm³/mol. The van der Waals surface area contributed by atoms with Crippen LogP contribution in [0.3, 0.4) is 0 Å². The van der Waals surface area contributed by atoms with E-state index in [1.807, 2.05) is 0 Å². The quantitative estimate of drug-likeness (QED) is 0.603. The third kappa shape index (κ3) is 1.88. The molecule has 2 N–H and O–H groups in total. The van der Waals surface area contributed by atoms with Crippen LogP contribution < -0.4 is 5.32 Å². The molecule has 12 heavy (non-hydrogen) atoms. The summed E-state index contributed by atoms with van der Waals surface area (Å²) in [6, 6.07) is 0. The minimum atomic E-state index is -4.63. The molecule has 0 aliphatic carbocycles. The van der Waals surface area contributed by atoms with Gasteiger partial charge in [-0.1, -0.05) is 0 Å². The van der Waals surface area contributed by atoms with Crippen molar-refractivity contribution < 1.29 is 23.1 Å². The summed E-state index contributed by atoms with van der Waals surface area (Å²) in [6.45, 7) is -0.0977. The van der Waals surface area contributed by atoms with E-state index in [1.165, 1.54) is 0 Å². The first-order valence-electron chi connectivity index (χ1n) is 3.42. The molecule has 1 amide bonds. The number of aliphatic hydroxyl groups is 1. The van der Waals surface area contributed by atoms with Crippen molar-refractivity contribution in [1.82, 2.24) is 5.32 Å². The molecule has 2 atom stereocenters. The Kier molecular flexibility index (Phi) is 2.27. The Bertz CT molecular complexity index is 192. The molecule has 1 aliphatic heterocycles. The van der Waals surface area contributed by atoms with Gasteiger partial charge < -0.3 is 10.4 Å². The molecule has 0 saturated carbocycles. The summed E-state index contributed by atoms with van der Waals surface area (Å²) in [7, 11) is 0. The molecule has 1 saturated heterocycles. The van der Waals surface area contributed by atoms with E-state index in [0.29, 0.717) is 0 Å². The lowest BCUT2D eigenvalue weighted by molar-refractivity contribution is -0.217. The number of carbonyl (C=O) groups excluding carboxylic acids is 1. The molecule has 1 aliphatic rings. The zero-order valence-electron chi connectivity index (χ0n) is 6.06. The largest absolute Gasteiger partial charge is 0.414 e. The fourth-order valence-corrected chi connectivity index (χ4v) is 1.12. The fourth-order valence-electron chi connectivity index (χ4n) is 1.12. The number of halogens is 3. The smallest absolute Gasteiger partial charge is 0.383 e. The molecule has 1 rings (SSSR count). The van der Waals surface area contributed by atoms with Crippen molar-refractivity contribution in [2.45, 2.75) is 18.7 Å². The zero-order valence-corrected chi connectivity index (χ0v) is 6.06. The lowest BCUT2D eigenvalue weighted by atomic mass is 10.0. The van der Waals surface area contributed by atoms with E-state index in [-0.39, 0.29) is 13.0 Å². The molecule has 1 heterocycles. The van der Waals surface area contributed by atoms with Crippen molar-refractivity contribution in [1.29, 1.82) is 0 Å². The Morgan fingerprint density at radius 3 is 2.50 bits per heavy atom. The van der Waals surface area contributed by atoms with Crippen LogP contribution in [0.4, 0.5) is 13.2 Å². The maximum Gasteiger partial charge on any atom is 0.414 e. The van der Waals surface area contributed by atoms with E-state index < -0.39 is 24.1 Å². The van der Waals surface area contributed by atoms with Crippen molar-refractivity contribution in [3.63, 3.8) is 0 Å². The normalized spacial score (nSPS) is 27.0. The van der Waals surface area contributed by atoms with Crippen LogP contribution >= 0.6 is 0 Å². The van der Waals surface area contributed by atoms with E-state index >= 15 is 0 Å². The Labute approximate surface area is 66.6 Å². The number of aliphatic hydroxyl groups excluding tert-OH is 1. The molecule has 1 fully saturated rings. The fraction of sp³-hybridized carbons (Fsp3) is 0.833. The van der Waals surface area contributed by atoms with Crippen LogP contribution in [0.5, 0.6) is 0 Å². The number of nitrogens with one attached hydrogen (secondary N) is 1. The van der Waals surface area contributed by atoms with Gasteiger partial charge in [0.2, 0.25) is 5.91 Å². The average Bonchev–Trinajstić information content (AvgIpc) is 2.32. The Balaban J connectivity index is 2.54. The third-order valence-electron chi connectivity index (χ3n) is 1.79. The summed E-state index contributed by atoms with van der Waals surface area (Å²) in [5.41, 5.74) is 0. The summed E-state index contributed by atoms with van der Waals surface area (Å²) in [5, 5.41) is 10.9. The van der Waals surface area contributed by atoms with E-state index in [1.54, 1.807) is 0 Å². The number of rotatable bonds is 1. The lowest BCUT2D eigenvalue weighted by Gasteiger charge is -2.18. The van der Waals surface area contributed by atoms with Gasteiger partial charge >= 0.3 is 6.18 Å². The SMILES string of the molecule is O=C1C[C@@H]([C@@H](O)C(F)(F)F)CN1. The van der Waals surface area contributed by atoms with Crippen molar-refractivity contribution >= 4 is 5.91 Å². The zero-order chi connectivity index (χ0) is 9.35. The molecule has 0 aromatic heterocycles. The number of hydrogen-bond acceptors (Lipinski definition) is 2. The van der Waals surface area contributed by atoms with Crippen LogP contribution in [0.15, 0.2) is 0 Å². The van der Waals surface area contributed by atoms with Gasteiger partial charge in [0.15, 0.2) is 6.10 Å². The highest BCUT2D eigenvalue weighted by atomic mass is 19.4. The van der Waals surface area contributed by atoms with Gasteiger partial charge in [0, 0.05) is 18.9 Å². The molecule has 6 heteroatoms. The summed E-state index contributed by atoms with van der Waals surface area (Å²) in [6.07, 6.45) is -7.27. The number of alkyl halides is 3. The first-order chi connectivity index (χ1) is 5.41. The second-order valence-corrected chi connectivity index (χ2v) is 2.75. The van der Waals surface area contributed by atoms with E-state index in [9.17, 15) is 18.0 Å². The van der Waals surface area contributed by atoms with Crippen molar-refractivity contribution in [3.05, 3.63) is 0 Å². The highest BCUT2D eigenvalue weighted by Gasteiger charge is 2.45. The van der Waals surface area contributed by atoms with Crippen LogP contribution in [0, 0.1) is 5.92 Å². The van der Waals surface area contributed by atoms with Gasteiger partial charge in [0.1, 0.15) is 0 Å². The summed E-state index contributed by atoms with van der Waals surface area (Å²) >= 11 is 0. The van der Waals surface area contributed by atoms with Crippen LogP contribution in [0.2, 0.25) is 0 Å². The molecule has 0 unspecified atom stereocenters. The first kappa shape index (κ1) is 9.31. The van der Waals surface area contributed by atoms with Gasteiger partial charge in [0.25, 0.3) is 0 Å². The van der Waals surface area contributed by atoms with Crippen LogP contribution in [0.25, 0.3) is 0 Å². The minimum Gasteiger partial charge on any atom is -0.383 e. The summed E-state index contributed by atoms with van der Waals surface area (Å²) in [5.74, 6) is -1.47. The van der Waals surface area contributed by atoms with Gasteiger partial charge in [-0.2, -0.15) is 13.2 Å². The number of hydrogen-bond donors (Lipinski definition) is 2. The molecule has 0 bridgehead atoms. The summed E-state index contributed by atoms with van der Waals surface area (Å²) < 4.78 is 35.5. The lowest BCUT2D eigenvalue weighted by Crippen LogP contribution is -2.36. The molecule has 70 valence electrons. The van der Waals surface area contributed by atoms with Gasteiger partial charge in [-0.3, -0.25) is 4.79 Å². The molecular weight excluding hydrogens is 175 g/mol. The van der Waals surface area contributed by atoms with Gasteiger partial charge in [-0.15, -0.1) is 0 Å². The standard InChI is InChI=1S/C6H8F3NO2/c7-6(8,9)5(12)3-1-4(11)10-2-3/h3,5,12H,1-2H2,(H,10,11)/t3-,5-/m1/s1. The van der Waals surface area contributed by atoms with Crippen molar-refractivity contribution in [2.24, 2.45) is 5.92 Å². The minimum absolute atomic E-state index is 0.0977. The number of carbonyl (C=O) groups is 1. The topological polar surface area (TPSA) is 49.3 Å². The monoisotopic (exact) mass is 183 g/mol. The van der Waals surface area contributed by atoms with Crippen LogP contribution in [-0.2, 0) is 4.79 Å². The van der Waals surface area contributed by atoms with Gasteiger partial charge in [0.05, 0.1) is 0 Å². The highest BCUT2D eigenvalue weighted by Crippen LogP contribution is 2.28. The van der Waals surface area contributed by atoms with Crippen molar-refractivity contribution in [2.75, 3.05) is 6.54 Å². The van der Waals surface area contributed by atoms with Crippen molar-refractivity contribution in [3.8, 4) is 0 Å². The highest BCUT2D eigenvalue weighted by molar-refractivity contribution is 5.78.